The second-order valence-corrected chi connectivity index (χ2v) is 11.4. The highest BCUT2D eigenvalue weighted by atomic mass is 32.2. The number of fused-ring (bicyclic) bond motifs is 1. The van der Waals surface area contributed by atoms with E-state index in [4.69, 9.17) is 0 Å². The lowest BCUT2D eigenvalue weighted by molar-refractivity contribution is 0.0982. The first-order valence-electron chi connectivity index (χ1n) is 10.3. The monoisotopic (exact) mass is 480 g/mol. The van der Waals surface area contributed by atoms with Gasteiger partial charge in [0.2, 0.25) is 10.0 Å². The van der Waals surface area contributed by atoms with Crippen molar-refractivity contribution in [2.24, 2.45) is 0 Å². The van der Waals surface area contributed by atoms with Crippen LogP contribution in [0.3, 0.4) is 0 Å². The molecule has 4 rings (SSSR count). The lowest BCUT2D eigenvalue weighted by atomic mass is 10.0. The standard InChI is InChI=1S/C22H23F3N4O3S/c1-22(2,3)33(31,32)27-21(30)17-11-26-29-7-6-15(10-20(17)29)28-12-14(24)9-19(28)16-8-13(23)4-5-18(16)25/h4-8,10-11,14,19H,9,12H2,1-3H3,(H,27,30)/t14-,19-/m1/s1. The van der Waals surface area contributed by atoms with Gasteiger partial charge >= 0.3 is 0 Å². The van der Waals surface area contributed by atoms with Crippen molar-refractivity contribution < 1.29 is 26.4 Å². The number of halogens is 3. The zero-order valence-electron chi connectivity index (χ0n) is 18.2. The predicted molar refractivity (Wildman–Crippen MR) is 117 cm³/mol. The summed E-state index contributed by atoms with van der Waals surface area (Å²) in [4.78, 5) is 14.3. The van der Waals surface area contributed by atoms with E-state index in [0.717, 1.165) is 18.2 Å². The number of anilines is 1. The molecular weight excluding hydrogens is 457 g/mol. The Bertz CT molecular complexity index is 1330. The van der Waals surface area contributed by atoms with Gasteiger partial charge in [-0.1, -0.05) is 0 Å². The second kappa shape index (κ2) is 8.05. The third-order valence-electron chi connectivity index (χ3n) is 5.68. The van der Waals surface area contributed by atoms with Crippen molar-refractivity contribution in [2.45, 2.75) is 44.2 Å². The van der Waals surface area contributed by atoms with Crippen LogP contribution in [0, 0.1) is 11.6 Å². The number of nitrogens with zero attached hydrogens (tertiary/aromatic N) is 3. The van der Waals surface area contributed by atoms with Crippen LogP contribution in [0.25, 0.3) is 5.52 Å². The summed E-state index contributed by atoms with van der Waals surface area (Å²) >= 11 is 0. The molecule has 1 fully saturated rings. The number of rotatable bonds is 4. The fraction of sp³-hybridized carbons (Fsp3) is 0.364. The van der Waals surface area contributed by atoms with Gasteiger partial charge in [-0.3, -0.25) is 4.79 Å². The summed E-state index contributed by atoms with van der Waals surface area (Å²) in [6.45, 7) is 4.33. The summed E-state index contributed by atoms with van der Waals surface area (Å²) in [6.07, 6.45) is 1.48. The normalized spacial score (nSPS) is 19.3. The van der Waals surface area contributed by atoms with E-state index in [9.17, 15) is 26.4 Å². The lowest BCUT2D eigenvalue weighted by Crippen LogP contribution is -2.42. The van der Waals surface area contributed by atoms with Crippen LogP contribution >= 0.6 is 0 Å². The van der Waals surface area contributed by atoms with Gasteiger partial charge < -0.3 is 4.90 Å². The van der Waals surface area contributed by atoms with E-state index >= 15 is 0 Å². The van der Waals surface area contributed by atoms with Crippen molar-refractivity contribution in [1.82, 2.24) is 14.3 Å². The summed E-state index contributed by atoms with van der Waals surface area (Å²) in [5.74, 6) is -2.12. The molecule has 2 atom stereocenters. The van der Waals surface area contributed by atoms with Gasteiger partial charge in [0.25, 0.3) is 5.91 Å². The molecule has 1 saturated heterocycles. The summed E-state index contributed by atoms with van der Waals surface area (Å²) in [5.41, 5.74) is 0.798. The van der Waals surface area contributed by atoms with Gasteiger partial charge in [0, 0.05) is 30.4 Å². The Morgan fingerprint density at radius 2 is 1.91 bits per heavy atom. The molecule has 1 aliphatic heterocycles. The summed E-state index contributed by atoms with van der Waals surface area (Å²) in [7, 11) is -3.95. The van der Waals surface area contributed by atoms with Gasteiger partial charge in [-0.2, -0.15) is 5.10 Å². The Morgan fingerprint density at radius 1 is 1.18 bits per heavy atom. The minimum absolute atomic E-state index is 0.00848. The predicted octanol–water partition coefficient (Wildman–Crippen LogP) is 3.76. The number of hydrogen-bond acceptors (Lipinski definition) is 5. The molecule has 1 amide bonds. The van der Waals surface area contributed by atoms with Crippen molar-refractivity contribution in [2.75, 3.05) is 11.4 Å². The van der Waals surface area contributed by atoms with E-state index in [1.807, 2.05) is 0 Å². The molecule has 0 saturated carbocycles. The van der Waals surface area contributed by atoms with E-state index < -0.39 is 44.5 Å². The third-order valence-corrected chi connectivity index (χ3v) is 7.75. The van der Waals surface area contributed by atoms with E-state index in [0.29, 0.717) is 5.69 Å². The van der Waals surface area contributed by atoms with Gasteiger partial charge in [-0.05, 0) is 51.1 Å². The number of sulfonamides is 1. The fourth-order valence-corrected chi connectivity index (χ4v) is 4.45. The number of pyridine rings is 1. The smallest absolute Gasteiger partial charge is 0.268 e. The number of carbonyl (C=O) groups is 1. The molecule has 0 aliphatic carbocycles. The Labute approximate surface area is 189 Å². The van der Waals surface area contributed by atoms with E-state index in [1.54, 1.807) is 17.0 Å². The molecule has 1 N–H and O–H groups in total. The van der Waals surface area contributed by atoms with Crippen LogP contribution in [0.4, 0.5) is 18.9 Å². The van der Waals surface area contributed by atoms with Crippen LogP contribution in [0.5, 0.6) is 0 Å². The van der Waals surface area contributed by atoms with Crippen LogP contribution in [0.2, 0.25) is 0 Å². The van der Waals surface area contributed by atoms with Gasteiger partial charge in [0.1, 0.15) is 17.8 Å². The molecular formula is C22H23F3N4O3S. The van der Waals surface area contributed by atoms with Crippen LogP contribution in [-0.2, 0) is 10.0 Å². The quantitative estimate of drug-likeness (QED) is 0.615. The molecule has 3 heterocycles. The average Bonchev–Trinajstić information content (AvgIpc) is 3.31. The molecule has 1 aromatic carbocycles. The maximum absolute atomic E-state index is 14.4. The SMILES string of the molecule is CC(C)(C)S(=O)(=O)NC(=O)c1cnn2ccc(N3C[C@H](F)C[C@@H]3c3cc(F)ccc3F)cc12. The Morgan fingerprint density at radius 3 is 2.61 bits per heavy atom. The maximum Gasteiger partial charge on any atom is 0.268 e. The highest BCUT2D eigenvalue weighted by molar-refractivity contribution is 7.91. The van der Waals surface area contributed by atoms with Crippen molar-refractivity contribution in [1.29, 1.82) is 0 Å². The molecule has 3 aromatic rings. The van der Waals surface area contributed by atoms with E-state index in [1.165, 1.54) is 37.7 Å². The molecule has 0 radical (unpaired) electrons. The largest absolute Gasteiger partial charge is 0.361 e. The highest BCUT2D eigenvalue weighted by Crippen LogP contribution is 2.39. The molecule has 7 nitrogen and oxygen atoms in total. The van der Waals surface area contributed by atoms with Crippen molar-refractivity contribution >= 4 is 27.1 Å². The first-order valence-corrected chi connectivity index (χ1v) is 11.8. The fourth-order valence-electron chi connectivity index (χ4n) is 3.79. The zero-order valence-corrected chi connectivity index (χ0v) is 19.0. The van der Waals surface area contributed by atoms with Gasteiger partial charge in [0.05, 0.1) is 28.1 Å². The molecule has 33 heavy (non-hydrogen) atoms. The minimum Gasteiger partial charge on any atom is -0.361 e. The van der Waals surface area contributed by atoms with E-state index in [-0.39, 0.29) is 29.6 Å². The molecule has 0 unspecified atom stereocenters. The number of benzene rings is 1. The van der Waals surface area contributed by atoms with Crippen LogP contribution in [0.1, 0.15) is 49.2 Å². The molecule has 176 valence electrons. The minimum atomic E-state index is -3.95. The molecule has 11 heteroatoms. The Balaban J connectivity index is 1.72. The van der Waals surface area contributed by atoms with Crippen molar-refractivity contribution in [3.63, 3.8) is 0 Å². The number of aromatic nitrogens is 2. The maximum atomic E-state index is 14.4. The van der Waals surface area contributed by atoms with Gasteiger partial charge in [-0.25, -0.2) is 30.8 Å². The van der Waals surface area contributed by atoms with Crippen molar-refractivity contribution in [3.8, 4) is 0 Å². The topological polar surface area (TPSA) is 83.8 Å². The summed E-state index contributed by atoms with van der Waals surface area (Å²) < 4.78 is 69.6. The molecule has 0 spiro atoms. The van der Waals surface area contributed by atoms with Crippen LogP contribution < -0.4 is 9.62 Å². The van der Waals surface area contributed by atoms with Crippen molar-refractivity contribution in [3.05, 3.63) is 65.5 Å². The summed E-state index contributed by atoms with van der Waals surface area (Å²) in [6, 6.07) is 5.48. The first-order chi connectivity index (χ1) is 15.4. The Kier molecular flexibility index (Phi) is 5.63. The van der Waals surface area contributed by atoms with Crippen LogP contribution in [-0.4, -0.2) is 41.4 Å². The second-order valence-electron chi connectivity index (χ2n) is 8.99. The third kappa shape index (κ3) is 4.29. The lowest BCUT2D eigenvalue weighted by Gasteiger charge is -2.27. The van der Waals surface area contributed by atoms with Gasteiger partial charge in [0.15, 0.2) is 0 Å². The number of alkyl halides is 1. The molecule has 1 aliphatic rings. The zero-order chi connectivity index (χ0) is 24.1. The number of amides is 1. The average molecular weight is 481 g/mol. The van der Waals surface area contributed by atoms with Crippen LogP contribution in [0.15, 0.2) is 42.7 Å². The van der Waals surface area contributed by atoms with E-state index in [2.05, 4.69) is 9.82 Å². The number of nitrogens with one attached hydrogen (secondary N) is 1. The first kappa shape index (κ1) is 23.1. The molecule has 2 aromatic heterocycles. The Hall–Kier alpha value is -3.08. The molecule has 0 bridgehead atoms. The summed E-state index contributed by atoms with van der Waals surface area (Å²) in [5, 5.41) is 4.08. The number of hydrogen-bond donors (Lipinski definition) is 1. The number of carbonyl (C=O) groups excluding carboxylic acids is 1. The highest BCUT2D eigenvalue weighted by Gasteiger charge is 2.36. The van der Waals surface area contributed by atoms with Gasteiger partial charge in [-0.15, -0.1) is 0 Å².